The summed E-state index contributed by atoms with van der Waals surface area (Å²) in [6.07, 6.45) is 4.40. The van der Waals surface area contributed by atoms with E-state index in [-0.39, 0.29) is 18.1 Å². The van der Waals surface area contributed by atoms with Gasteiger partial charge in [0, 0.05) is 26.2 Å². The van der Waals surface area contributed by atoms with Crippen LogP contribution in [0.2, 0.25) is 0 Å². The Morgan fingerprint density at radius 2 is 2.00 bits per heavy atom. The first-order valence-electron chi connectivity index (χ1n) is 4.84. The number of urea groups is 1. The largest absolute Gasteiger partial charge is 0.334 e. The number of nitrogens with two attached hydrogens (primary N) is 1. The lowest BCUT2D eigenvalue weighted by Crippen LogP contribution is -2.51. The molecule has 4 heteroatoms. The molecule has 0 aromatic rings. The Labute approximate surface area is 79.5 Å². The van der Waals surface area contributed by atoms with Gasteiger partial charge in [-0.05, 0) is 12.8 Å². The molecule has 1 saturated carbocycles. The van der Waals surface area contributed by atoms with Gasteiger partial charge in [0.1, 0.15) is 0 Å². The SMILES string of the molecule is CN(C)C(=O)N[C@@H]1CCCC[C@H]1N. The molecular weight excluding hydrogens is 166 g/mol. The maximum absolute atomic E-state index is 11.3. The second kappa shape index (κ2) is 4.46. The van der Waals surface area contributed by atoms with E-state index in [1.807, 2.05) is 0 Å². The Balaban J connectivity index is 2.38. The lowest BCUT2D eigenvalue weighted by molar-refractivity contribution is 0.206. The summed E-state index contributed by atoms with van der Waals surface area (Å²) in [4.78, 5) is 12.9. The number of rotatable bonds is 1. The van der Waals surface area contributed by atoms with Crippen molar-refractivity contribution in [1.29, 1.82) is 0 Å². The van der Waals surface area contributed by atoms with Gasteiger partial charge < -0.3 is 16.0 Å². The minimum absolute atomic E-state index is 0.0395. The number of carbonyl (C=O) groups excluding carboxylic acids is 1. The van der Waals surface area contributed by atoms with Crippen LogP contribution in [0.25, 0.3) is 0 Å². The molecule has 2 atom stereocenters. The minimum atomic E-state index is -0.0395. The molecule has 0 bridgehead atoms. The summed E-state index contributed by atoms with van der Waals surface area (Å²) in [6.45, 7) is 0. The minimum Gasteiger partial charge on any atom is -0.334 e. The maximum atomic E-state index is 11.3. The standard InChI is InChI=1S/C9H19N3O/c1-12(2)9(13)11-8-6-4-3-5-7(8)10/h7-8H,3-6,10H2,1-2H3,(H,11,13)/t7-,8-/m1/s1. The van der Waals surface area contributed by atoms with E-state index in [4.69, 9.17) is 5.73 Å². The first-order chi connectivity index (χ1) is 6.11. The molecule has 0 aliphatic heterocycles. The molecule has 2 amide bonds. The van der Waals surface area contributed by atoms with Crippen molar-refractivity contribution < 1.29 is 4.79 Å². The molecule has 1 rings (SSSR count). The average molecular weight is 185 g/mol. The monoisotopic (exact) mass is 185 g/mol. The van der Waals surface area contributed by atoms with Crippen LogP contribution >= 0.6 is 0 Å². The number of hydrogen-bond donors (Lipinski definition) is 2. The molecule has 0 radical (unpaired) electrons. The first-order valence-corrected chi connectivity index (χ1v) is 4.84. The van der Waals surface area contributed by atoms with Crippen molar-refractivity contribution in [3.8, 4) is 0 Å². The summed E-state index contributed by atoms with van der Waals surface area (Å²) in [7, 11) is 3.48. The lowest BCUT2D eigenvalue weighted by Gasteiger charge is -2.30. The van der Waals surface area contributed by atoms with Crippen LogP contribution in [0, 0.1) is 0 Å². The molecule has 3 N–H and O–H groups in total. The number of nitrogens with zero attached hydrogens (tertiary/aromatic N) is 1. The molecule has 1 aliphatic carbocycles. The summed E-state index contributed by atoms with van der Waals surface area (Å²) < 4.78 is 0. The summed E-state index contributed by atoms with van der Waals surface area (Å²) in [5.41, 5.74) is 5.89. The average Bonchev–Trinajstić information content (AvgIpc) is 2.08. The third kappa shape index (κ3) is 2.88. The van der Waals surface area contributed by atoms with Gasteiger partial charge in [-0.3, -0.25) is 0 Å². The summed E-state index contributed by atoms with van der Waals surface area (Å²) in [5.74, 6) is 0. The second-order valence-corrected chi connectivity index (χ2v) is 3.90. The molecule has 13 heavy (non-hydrogen) atoms. The molecule has 0 aromatic heterocycles. The Morgan fingerprint density at radius 3 is 2.54 bits per heavy atom. The van der Waals surface area contributed by atoms with Crippen LogP contribution in [0.4, 0.5) is 4.79 Å². The zero-order chi connectivity index (χ0) is 9.84. The number of nitrogens with one attached hydrogen (secondary N) is 1. The van der Waals surface area contributed by atoms with Gasteiger partial charge in [0.2, 0.25) is 0 Å². The highest BCUT2D eigenvalue weighted by molar-refractivity contribution is 5.73. The van der Waals surface area contributed by atoms with Crippen molar-refractivity contribution >= 4 is 6.03 Å². The van der Waals surface area contributed by atoms with Gasteiger partial charge in [0.15, 0.2) is 0 Å². The lowest BCUT2D eigenvalue weighted by atomic mass is 9.91. The van der Waals surface area contributed by atoms with Gasteiger partial charge >= 0.3 is 6.03 Å². The van der Waals surface area contributed by atoms with Gasteiger partial charge in [-0.1, -0.05) is 12.8 Å². The second-order valence-electron chi connectivity index (χ2n) is 3.90. The van der Waals surface area contributed by atoms with Gasteiger partial charge in [-0.15, -0.1) is 0 Å². The van der Waals surface area contributed by atoms with E-state index < -0.39 is 0 Å². The fourth-order valence-electron chi connectivity index (χ4n) is 1.63. The van der Waals surface area contributed by atoms with Crippen LogP contribution in [0.15, 0.2) is 0 Å². The van der Waals surface area contributed by atoms with Crippen LogP contribution < -0.4 is 11.1 Å². The number of amides is 2. The molecule has 0 unspecified atom stereocenters. The molecule has 0 aromatic carbocycles. The Hall–Kier alpha value is -0.770. The van der Waals surface area contributed by atoms with Gasteiger partial charge in [-0.2, -0.15) is 0 Å². The third-order valence-electron chi connectivity index (χ3n) is 2.53. The molecular formula is C9H19N3O. The number of carbonyl (C=O) groups is 1. The van der Waals surface area contributed by atoms with Gasteiger partial charge in [0.25, 0.3) is 0 Å². The van der Waals surface area contributed by atoms with Crippen LogP contribution in [-0.4, -0.2) is 37.1 Å². The molecule has 1 aliphatic rings. The number of hydrogen-bond acceptors (Lipinski definition) is 2. The quantitative estimate of drug-likeness (QED) is 0.626. The highest BCUT2D eigenvalue weighted by Crippen LogP contribution is 2.16. The van der Waals surface area contributed by atoms with E-state index >= 15 is 0 Å². The fraction of sp³-hybridized carbons (Fsp3) is 0.889. The summed E-state index contributed by atoms with van der Waals surface area (Å²) >= 11 is 0. The topological polar surface area (TPSA) is 58.4 Å². The van der Waals surface area contributed by atoms with Crippen molar-refractivity contribution in [2.75, 3.05) is 14.1 Å². The van der Waals surface area contributed by atoms with E-state index in [2.05, 4.69) is 5.32 Å². The maximum Gasteiger partial charge on any atom is 0.317 e. The third-order valence-corrected chi connectivity index (χ3v) is 2.53. The van der Waals surface area contributed by atoms with Crippen LogP contribution in [0.1, 0.15) is 25.7 Å². The van der Waals surface area contributed by atoms with Crippen molar-refractivity contribution in [3.63, 3.8) is 0 Å². The zero-order valence-electron chi connectivity index (χ0n) is 8.42. The molecule has 0 heterocycles. The summed E-state index contributed by atoms with van der Waals surface area (Å²) in [6, 6.07) is 0.267. The predicted octanol–water partition coefficient (Wildman–Crippen LogP) is 0.527. The van der Waals surface area contributed by atoms with E-state index in [1.165, 1.54) is 12.8 Å². The highest BCUT2D eigenvalue weighted by Gasteiger charge is 2.23. The molecule has 76 valence electrons. The normalized spacial score (nSPS) is 28.2. The van der Waals surface area contributed by atoms with Crippen molar-refractivity contribution in [2.24, 2.45) is 5.73 Å². The van der Waals surface area contributed by atoms with Crippen LogP contribution in [0.3, 0.4) is 0 Å². The fourth-order valence-corrected chi connectivity index (χ4v) is 1.63. The Bertz CT molecular complexity index is 182. The van der Waals surface area contributed by atoms with Crippen molar-refractivity contribution in [3.05, 3.63) is 0 Å². The van der Waals surface area contributed by atoms with E-state index in [9.17, 15) is 4.79 Å². The van der Waals surface area contributed by atoms with Crippen molar-refractivity contribution in [1.82, 2.24) is 10.2 Å². The highest BCUT2D eigenvalue weighted by atomic mass is 16.2. The first kappa shape index (κ1) is 10.3. The van der Waals surface area contributed by atoms with Crippen LogP contribution in [0.5, 0.6) is 0 Å². The van der Waals surface area contributed by atoms with E-state index in [0.29, 0.717) is 0 Å². The molecule has 0 saturated heterocycles. The molecule has 4 nitrogen and oxygen atoms in total. The Morgan fingerprint density at radius 1 is 1.38 bits per heavy atom. The zero-order valence-corrected chi connectivity index (χ0v) is 8.42. The van der Waals surface area contributed by atoms with Gasteiger partial charge in [-0.25, -0.2) is 4.79 Å². The van der Waals surface area contributed by atoms with Crippen LogP contribution in [-0.2, 0) is 0 Å². The van der Waals surface area contributed by atoms with E-state index in [1.54, 1.807) is 19.0 Å². The molecule has 0 spiro atoms. The smallest absolute Gasteiger partial charge is 0.317 e. The van der Waals surface area contributed by atoms with Crippen molar-refractivity contribution in [2.45, 2.75) is 37.8 Å². The predicted molar refractivity (Wildman–Crippen MR) is 52.5 cm³/mol. The Kier molecular flexibility index (Phi) is 3.54. The summed E-state index contributed by atoms with van der Waals surface area (Å²) in [5, 5.41) is 2.93. The van der Waals surface area contributed by atoms with Gasteiger partial charge in [0.05, 0.1) is 0 Å². The van der Waals surface area contributed by atoms with E-state index in [0.717, 1.165) is 12.8 Å². The molecule has 1 fully saturated rings.